The Kier molecular flexibility index (Phi) is 3.19. The molecule has 0 atom stereocenters. The summed E-state index contributed by atoms with van der Waals surface area (Å²) in [6, 6.07) is 9.80. The Labute approximate surface area is 65.8 Å². The van der Waals surface area contributed by atoms with E-state index in [-0.39, 0.29) is 0 Å². The van der Waals surface area contributed by atoms with Gasteiger partial charge in [-0.15, -0.1) is 0 Å². The molecular weight excluding hydrogens is 140 g/mol. The lowest BCUT2D eigenvalue weighted by Crippen LogP contribution is -1.88. The lowest BCUT2D eigenvalue weighted by molar-refractivity contribution is -0.125. The van der Waals surface area contributed by atoms with Crippen LogP contribution in [0.15, 0.2) is 30.3 Å². The zero-order chi connectivity index (χ0) is 7.94. The van der Waals surface area contributed by atoms with Crippen molar-refractivity contribution in [3.8, 4) is 0 Å². The van der Waals surface area contributed by atoms with Crippen LogP contribution in [0.25, 0.3) is 0 Å². The molecule has 0 spiro atoms. The Morgan fingerprint density at radius 3 is 2.64 bits per heavy atom. The van der Waals surface area contributed by atoms with E-state index in [4.69, 9.17) is 0 Å². The number of ether oxygens (including phenoxy) is 1. The second-order valence-electron chi connectivity index (χ2n) is 2.09. The first-order valence-corrected chi connectivity index (χ1v) is 3.38. The van der Waals surface area contributed by atoms with Crippen LogP contribution in [0.3, 0.4) is 0 Å². The van der Waals surface area contributed by atoms with Crippen LogP contribution in [0.1, 0.15) is 5.56 Å². The molecule has 0 N–H and O–H groups in total. The molecule has 0 aliphatic heterocycles. The van der Waals surface area contributed by atoms with Crippen molar-refractivity contribution in [3.63, 3.8) is 0 Å². The highest BCUT2D eigenvalue weighted by molar-refractivity contribution is 5.37. The molecule has 0 aliphatic rings. The Bertz CT molecular complexity index is 206. The van der Waals surface area contributed by atoms with Crippen molar-refractivity contribution in [1.82, 2.24) is 0 Å². The smallest absolute Gasteiger partial charge is 0.293 e. The first-order valence-electron chi connectivity index (χ1n) is 3.38. The van der Waals surface area contributed by atoms with E-state index in [2.05, 4.69) is 4.74 Å². The van der Waals surface area contributed by atoms with Gasteiger partial charge in [0.25, 0.3) is 6.47 Å². The lowest BCUT2D eigenvalue weighted by Gasteiger charge is -1.96. The summed E-state index contributed by atoms with van der Waals surface area (Å²) in [5.41, 5.74) is 1.13. The molecule has 0 saturated heterocycles. The Morgan fingerprint density at radius 2 is 2.00 bits per heavy atom. The number of hydrogen-bond acceptors (Lipinski definition) is 2. The van der Waals surface area contributed by atoms with Crippen LogP contribution in [-0.4, -0.2) is 6.47 Å². The molecule has 0 aromatic heterocycles. The first kappa shape index (κ1) is 7.79. The van der Waals surface area contributed by atoms with Gasteiger partial charge in [0.05, 0.1) is 0 Å². The number of benzene rings is 1. The Hall–Kier alpha value is -1.31. The molecule has 11 heavy (non-hydrogen) atoms. The molecule has 0 amide bonds. The second-order valence-corrected chi connectivity index (χ2v) is 2.09. The van der Waals surface area contributed by atoms with Crippen LogP contribution in [0, 0.1) is 6.61 Å². The van der Waals surface area contributed by atoms with E-state index < -0.39 is 0 Å². The highest BCUT2D eigenvalue weighted by Crippen LogP contribution is 2.00. The standard InChI is InChI=1S/C9H9O2/c10-8-11-7-6-9-4-2-1-3-5-9/h1-5,7-8H,6H2. The van der Waals surface area contributed by atoms with Crippen molar-refractivity contribution in [1.29, 1.82) is 0 Å². The summed E-state index contributed by atoms with van der Waals surface area (Å²) in [5, 5.41) is 0. The molecule has 0 unspecified atom stereocenters. The monoisotopic (exact) mass is 149 g/mol. The second kappa shape index (κ2) is 4.50. The van der Waals surface area contributed by atoms with Gasteiger partial charge in [-0.3, -0.25) is 4.79 Å². The first-order chi connectivity index (χ1) is 5.43. The zero-order valence-corrected chi connectivity index (χ0v) is 6.07. The summed E-state index contributed by atoms with van der Waals surface area (Å²) in [5.74, 6) is 0. The fourth-order valence-electron chi connectivity index (χ4n) is 0.798. The van der Waals surface area contributed by atoms with E-state index in [9.17, 15) is 4.79 Å². The number of carbonyl (C=O) groups excluding carboxylic acids is 1. The maximum Gasteiger partial charge on any atom is 0.293 e. The van der Waals surface area contributed by atoms with Crippen LogP contribution in [0.5, 0.6) is 0 Å². The molecular formula is C9H9O2. The molecule has 2 nitrogen and oxygen atoms in total. The average Bonchev–Trinajstić information content (AvgIpc) is 2.07. The maximum absolute atomic E-state index is 9.74. The van der Waals surface area contributed by atoms with Crippen LogP contribution in [0.4, 0.5) is 0 Å². The number of rotatable bonds is 4. The van der Waals surface area contributed by atoms with Crippen LogP contribution in [0.2, 0.25) is 0 Å². The van der Waals surface area contributed by atoms with Gasteiger partial charge in [0.15, 0.2) is 0 Å². The van der Waals surface area contributed by atoms with Crippen LogP contribution >= 0.6 is 0 Å². The van der Waals surface area contributed by atoms with Crippen molar-refractivity contribution in [2.75, 3.05) is 0 Å². The van der Waals surface area contributed by atoms with Gasteiger partial charge in [-0.1, -0.05) is 30.3 Å². The minimum absolute atomic E-state index is 0.420. The molecule has 2 heteroatoms. The number of hydrogen-bond donors (Lipinski definition) is 0. The van der Waals surface area contributed by atoms with Gasteiger partial charge >= 0.3 is 0 Å². The van der Waals surface area contributed by atoms with Gasteiger partial charge in [0, 0.05) is 6.42 Å². The molecule has 1 radical (unpaired) electrons. The summed E-state index contributed by atoms with van der Waals surface area (Å²) in [7, 11) is 0. The fraction of sp³-hybridized carbons (Fsp3) is 0.111. The zero-order valence-electron chi connectivity index (χ0n) is 6.07. The van der Waals surface area contributed by atoms with Crippen molar-refractivity contribution in [2.24, 2.45) is 0 Å². The molecule has 0 aliphatic carbocycles. The minimum atomic E-state index is 0.420. The van der Waals surface area contributed by atoms with E-state index in [1.807, 2.05) is 30.3 Å². The van der Waals surface area contributed by atoms with Crippen molar-refractivity contribution < 1.29 is 9.53 Å². The third-order valence-corrected chi connectivity index (χ3v) is 1.31. The quantitative estimate of drug-likeness (QED) is 0.479. The van der Waals surface area contributed by atoms with E-state index in [0.29, 0.717) is 12.9 Å². The van der Waals surface area contributed by atoms with Gasteiger partial charge in [0.2, 0.25) is 0 Å². The Balaban J connectivity index is 2.33. The summed E-state index contributed by atoms with van der Waals surface area (Å²) in [6.45, 7) is 1.89. The third kappa shape index (κ3) is 2.85. The normalized spacial score (nSPS) is 9.09. The van der Waals surface area contributed by atoms with Crippen molar-refractivity contribution >= 4 is 6.47 Å². The molecule has 0 bridgehead atoms. The molecule has 1 aromatic carbocycles. The van der Waals surface area contributed by atoms with E-state index in [1.165, 1.54) is 6.61 Å². The van der Waals surface area contributed by atoms with Crippen LogP contribution in [-0.2, 0) is 16.0 Å². The topological polar surface area (TPSA) is 26.3 Å². The predicted molar refractivity (Wildman–Crippen MR) is 41.6 cm³/mol. The summed E-state index contributed by atoms with van der Waals surface area (Å²) in [6.07, 6.45) is 0.666. The highest BCUT2D eigenvalue weighted by Gasteiger charge is 1.90. The highest BCUT2D eigenvalue weighted by atomic mass is 16.5. The van der Waals surface area contributed by atoms with E-state index in [0.717, 1.165) is 5.56 Å². The summed E-state index contributed by atoms with van der Waals surface area (Å²) in [4.78, 5) is 9.74. The van der Waals surface area contributed by atoms with Gasteiger partial charge in [-0.2, -0.15) is 0 Å². The van der Waals surface area contributed by atoms with Gasteiger partial charge < -0.3 is 4.74 Å². The SMILES string of the molecule is O=CO[CH]Cc1ccccc1. The molecule has 1 rings (SSSR count). The van der Waals surface area contributed by atoms with Crippen molar-refractivity contribution in [2.45, 2.75) is 6.42 Å². The maximum atomic E-state index is 9.74. The van der Waals surface area contributed by atoms with Crippen LogP contribution < -0.4 is 0 Å². The lowest BCUT2D eigenvalue weighted by atomic mass is 10.2. The van der Waals surface area contributed by atoms with Gasteiger partial charge in [-0.25, -0.2) is 0 Å². The van der Waals surface area contributed by atoms with Gasteiger partial charge in [0.1, 0.15) is 6.61 Å². The van der Waals surface area contributed by atoms with E-state index in [1.54, 1.807) is 0 Å². The Morgan fingerprint density at radius 1 is 1.27 bits per heavy atom. The predicted octanol–water partition coefficient (Wildman–Crippen LogP) is 1.56. The largest absolute Gasteiger partial charge is 0.460 e. The average molecular weight is 149 g/mol. The minimum Gasteiger partial charge on any atom is -0.460 e. The molecule has 0 heterocycles. The van der Waals surface area contributed by atoms with E-state index >= 15 is 0 Å². The molecule has 57 valence electrons. The third-order valence-electron chi connectivity index (χ3n) is 1.31. The fourth-order valence-corrected chi connectivity index (χ4v) is 0.798. The summed E-state index contributed by atoms with van der Waals surface area (Å²) >= 11 is 0. The summed E-state index contributed by atoms with van der Waals surface area (Å²) < 4.78 is 4.43. The molecule has 1 aromatic rings. The van der Waals surface area contributed by atoms with Gasteiger partial charge in [-0.05, 0) is 5.56 Å². The molecule has 0 saturated carbocycles. The number of carbonyl (C=O) groups is 1. The molecule has 0 fully saturated rings. The van der Waals surface area contributed by atoms with Crippen molar-refractivity contribution in [3.05, 3.63) is 42.5 Å².